The van der Waals surface area contributed by atoms with Gasteiger partial charge in [-0.05, 0) is 17.7 Å². The summed E-state index contributed by atoms with van der Waals surface area (Å²) in [5.74, 6) is 0.662. The lowest BCUT2D eigenvalue weighted by Crippen LogP contribution is -2.47. The first-order chi connectivity index (χ1) is 9.56. The molecule has 1 unspecified atom stereocenters. The minimum atomic E-state index is -0.862. The Morgan fingerprint density at radius 2 is 2.25 bits per heavy atom. The van der Waals surface area contributed by atoms with Crippen LogP contribution < -0.4 is 5.73 Å². The maximum Gasteiger partial charge on any atom is 0.305 e. The average molecular weight is 294 g/mol. The molecule has 0 radical (unpaired) electrons. The van der Waals surface area contributed by atoms with Crippen molar-refractivity contribution in [2.75, 3.05) is 23.8 Å². The molecule has 5 nitrogen and oxygen atoms in total. The van der Waals surface area contributed by atoms with Gasteiger partial charge in [-0.3, -0.25) is 9.59 Å². The van der Waals surface area contributed by atoms with Crippen LogP contribution in [0.25, 0.3) is 0 Å². The molecule has 0 aromatic heterocycles. The number of aliphatic carboxylic acids is 1. The highest BCUT2D eigenvalue weighted by Gasteiger charge is 2.28. The highest BCUT2D eigenvalue weighted by Crippen LogP contribution is 2.20. The summed E-state index contributed by atoms with van der Waals surface area (Å²) < 4.78 is 0. The Kier molecular flexibility index (Phi) is 4.89. The van der Waals surface area contributed by atoms with Crippen molar-refractivity contribution in [3.05, 3.63) is 29.8 Å². The van der Waals surface area contributed by atoms with E-state index in [9.17, 15) is 9.59 Å². The second kappa shape index (κ2) is 6.65. The van der Waals surface area contributed by atoms with E-state index in [-0.39, 0.29) is 24.8 Å². The molecule has 0 saturated carbocycles. The molecule has 0 bridgehead atoms. The van der Waals surface area contributed by atoms with Crippen molar-refractivity contribution in [1.82, 2.24) is 4.90 Å². The molecule has 1 aliphatic heterocycles. The second-order valence-electron chi connectivity index (χ2n) is 4.84. The smallest absolute Gasteiger partial charge is 0.305 e. The standard InChI is InChI=1S/C14H18N2O3S/c15-11-3-1-2-10(6-11)7-13(17)16-4-5-20-9-12(16)8-14(18)19/h1-3,6,12H,4-5,7-9,15H2,(H,18,19). The fraction of sp³-hybridized carbons (Fsp3) is 0.429. The van der Waals surface area contributed by atoms with Crippen molar-refractivity contribution in [3.63, 3.8) is 0 Å². The van der Waals surface area contributed by atoms with E-state index in [1.807, 2.05) is 12.1 Å². The van der Waals surface area contributed by atoms with Crippen LogP contribution in [0.2, 0.25) is 0 Å². The largest absolute Gasteiger partial charge is 0.481 e. The SMILES string of the molecule is Nc1cccc(CC(=O)N2CCSCC2CC(=O)O)c1. The molecule has 0 aliphatic carbocycles. The van der Waals surface area contributed by atoms with Crippen molar-refractivity contribution in [2.24, 2.45) is 0 Å². The molecule has 1 amide bonds. The van der Waals surface area contributed by atoms with E-state index in [4.69, 9.17) is 10.8 Å². The van der Waals surface area contributed by atoms with Crippen LogP contribution in [-0.2, 0) is 16.0 Å². The normalized spacial score (nSPS) is 18.8. The van der Waals surface area contributed by atoms with Crippen molar-refractivity contribution in [3.8, 4) is 0 Å². The van der Waals surface area contributed by atoms with E-state index >= 15 is 0 Å². The Morgan fingerprint density at radius 3 is 2.95 bits per heavy atom. The molecule has 108 valence electrons. The predicted molar refractivity (Wildman–Crippen MR) is 79.6 cm³/mol. The van der Waals surface area contributed by atoms with E-state index in [1.54, 1.807) is 28.8 Å². The topological polar surface area (TPSA) is 83.6 Å². The number of nitrogens with two attached hydrogens (primary N) is 1. The first kappa shape index (κ1) is 14.7. The van der Waals surface area contributed by atoms with Gasteiger partial charge in [-0.25, -0.2) is 0 Å². The molecule has 1 atom stereocenters. The third-order valence-corrected chi connectivity index (χ3v) is 4.36. The molecule has 1 aliphatic rings. The van der Waals surface area contributed by atoms with E-state index in [0.717, 1.165) is 11.3 Å². The van der Waals surface area contributed by atoms with Gasteiger partial charge < -0.3 is 15.7 Å². The molecular weight excluding hydrogens is 276 g/mol. The molecule has 1 saturated heterocycles. The number of nitrogens with zero attached hydrogens (tertiary/aromatic N) is 1. The van der Waals surface area contributed by atoms with Crippen LogP contribution in [0, 0.1) is 0 Å². The fourth-order valence-corrected chi connectivity index (χ4v) is 3.40. The van der Waals surface area contributed by atoms with Crippen molar-refractivity contribution < 1.29 is 14.7 Å². The lowest BCUT2D eigenvalue weighted by molar-refractivity contribution is -0.140. The highest BCUT2D eigenvalue weighted by molar-refractivity contribution is 7.99. The molecule has 0 spiro atoms. The predicted octanol–water partition coefficient (Wildman–Crippen LogP) is 1.23. The van der Waals surface area contributed by atoms with Crippen LogP contribution in [-0.4, -0.2) is 46.0 Å². The Bertz CT molecular complexity index is 507. The van der Waals surface area contributed by atoms with Gasteiger partial charge in [0, 0.05) is 23.7 Å². The lowest BCUT2D eigenvalue weighted by Gasteiger charge is -2.34. The molecule has 1 fully saturated rings. The summed E-state index contributed by atoms with van der Waals surface area (Å²) in [6, 6.07) is 7.03. The first-order valence-corrected chi connectivity index (χ1v) is 7.65. The number of carboxylic acid groups (broad SMARTS) is 1. The van der Waals surface area contributed by atoms with Crippen LogP contribution in [0.15, 0.2) is 24.3 Å². The summed E-state index contributed by atoms with van der Waals surface area (Å²) in [5, 5.41) is 8.93. The lowest BCUT2D eigenvalue weighted by atomic mass is 10.1. The molecule has 1 aromatic carbocycles. The van der Waals surface area contributed by atoms with Gasteiger partial charge in [-0.2, -0.15) is 11.8 Å². The average Bonchev–Trinajstić information content (AvgIpc) is 2.38. The monoisotopic (exact) mass is 294 g/mol. The van der Waals surface area contributed by atoms with Gasteiger partial charge in [-0.15, -0.1) is 0 Å². The molecule has 1 aromatic rings. The second-order valence-corrected chi connectivity index (χ2v) is 5.99. The van der Waals surface area contributed by atoms with Crippen molar-refractivity contribution >= 4 is 29.3 Å². The number of hydrogen-bond donors (Lipinski definition) is 2. The van der Waals surface area contributed by atoms with Crippen LogP contribution in [0.5, 0.6) is 0 Å². The summed E-state index contributed by atoms with van der Waals surface area (Å²) in [6.45, 7) is 0.615. The zero-order valence-electron chi connectivity index (χ0n) is 11.1. The summed E-state index contributed by atoms with van der Waals surface area (Å²) in [6.07, 6.45) is 0.279. The number of hydrogen-bond acceptors (Lipinski definition) is 4. The molecular formula is C14H18N2O3S. The third-order valence-electron chi connectivity index (χ3n) is 3.26. The fourth-order valence-electron chi connectivity index (χ4n) is 2.33. The number of carboxylic acids is 1. The van der Waals surface area contributed by atoms with Gasteiger partial charge in [0.1, 0.15) is 0 Å². The van der Waals surface area contributed by atoms with Gasteiger partial charge in [-0.1, -0.05) is 12.1 Å². The van der Waals surface area contributed by atoms with Crippen LogP contribution in [0.3, 0.4) is 0 Å². The van der Waals surface area contributed by atoms with E-state index in [1.165, 1.54) is 0 Å². The number of benzene rings is 1. The van der Waals surface area contributed by atoms with E-state index < -0.39 is 5.97 Å². The first-order valence-electron chi connectivity index (χ1n) is 6.49. The van der Waals surface area contributed by atoms with Gasteiger partial charge in [0.05, 0.1) is 18.9 Å². The maximum atomic E-state index is 12.4. The molecule has 3 N–H and O–H groups in total. The Balaban J connectivity index is 2.04. The van der Waals surface area contributed by atoms with Gasteiger partial charge >= 0.3 is 5.97 Å². The summed E-state index contributed by atoms with van der Waals surface area (Å²) in [7, 11) is 0. The summed E-state index contributed by atoms with van der Waals surface area (Å²) in [4.78, 5) is 24.9. The number of anilines is 1. The molecule has 6 heteroatoms. The van der Waals surface area contributed by atoms with E-state index in [2.05, 4.69) is 0 Å². The number of carbonyl (C=O) groups is 2. The number of amides is 1. The number of thioether (sulfide) groups is 1. The summed E-state index contributed by atoms with van der Waals surface area (Å²) >= 11 is 1.70. The van der Waals surface area contributed by atoms with Gasteiger partial charge in [0.25, 0.3) is 0 Å². The maximum absolute atomic E-state index is 12.4. The number of rotatable bonds is 4. The highest BCUT2D eigenvalue weighted by atomic mass is 32.2. The zero-order valence-corrected chi connectivity index (χ0v) is 11.9. The minimum absolute atomic E-state index is 0.00959. The molecule has 1 heterocycles. The molecule has 2 rings (SSSR count). The van der Waals surface area contributed by atoms with Crippen molar-refractivity contribution in [2.45, 2.75) is 18.9 Å². The Morgan fingerprint density at radius 1 is 1.45 bits per heavy atom. The minimum Gasteiger partial charge on any atom is -0.481 e. The van der Waals surface area contributed by atoms with Crippen LogP contribution in [0.4, 0.5) is 5.69 Å². The summed E-state index contributed by atoms with van der Waals surface area (Å²) in [5.41, 5.74) is 7.19. The van der Waals surface area contributed by atoms with Crippen molar-refractivity contribution in [1.29, 1.82) is 0 Å². The number of nitrogen functional groups attached to an aromatic ring is 1. The van der Waals surface area contributed by atoms with Crippen LogP contribution >= 0.6 is 11.8 Å². The van der Waals surface area contributed by atoms with E-state index in [0.29, 0.717) is 18.0 Å². The Labute approximate surface area is 122 Å². The van der Waals surface area contributed by atoms with Gasteiger partial charge in [0.2, 0.25) is 5.91 Å². The quantitative estimate of drug-likeness (QED) is 0.816. The Hall–Kier alpha value is -1.69. The molecule has 20 heavy (non-hydrogen) atoms. The van der Waals surface area contributed by atoms with Crippen LogP contribution in [0.1, 0.15) is 12.0 Å². The van der Waals surface area contributed by atoms with Gasteiger partial charge in [0.15, 0.2) is 0 Å². The number of carbonyl (C=O) groups excluding carboxylic acids is 1. The zero-order chi connectivity index (χ0) is 14.5. The third kappa shape index (κ3) is 3.90.